The summed E-state index contributed by atoms with van der Waals surface area (Å²) in [4.78, 5) is 41.8. The van der Waals surface area contributed by atoms with Crippen molar-refractivity contribution in [2.24, 2.45) is 5.73 Å². The molecular formula is C27H24FN9O5. The number of aliphatic hydroxyl groups excluding tert-OH is 1. The molecule has 0 bridgehead atoms. The summed E-state index contributed by atoms with van der Waals surface area (Å²) in [5.41, 5.74) is 7.34. The van der Waals surface area contributed by atoms with E-state index in [0.29, 0.717) is 22.4 Å². The molecule has 4 aromatic rings. The number of carboxylic acid groups (broad SMARTS) is 1. The highest BCUT2D eigenvalue weighted by Gasteiger charge is 2.34. The van der Waals surface area contributed by atoms with Gasteiger partial charge in [-0.1, -0.05) is 18.2 Å². The number of nitrogens with zero attached hydrogens (tertiary/aromatic N) is 4. The van der Waals surface area contributed by atoms with Crippen LogP contribution in [0, 0.1) is 17.3 Å². The minimum absolute atomic E-state index is 0.0500. The van der Waals surface area contributed by atoms with Crippen LogP contribution in [0.4, 0.5) is 10.1 Å². The number of fused-ring (bicyclic) bond motifs is 2. The Morgan fingerprint density at radius 1 is 1.19 bits per heavy atom. The minimum atomic E-state index is -1.12. The van der Waals surface area contributed by atoms with Gasteiger partial charge >= 0.3 is 5.97 Å². The molecule has 214 valence electrons. The lowest BCUT2D eigenvalue weighted by atomic mass is 10.0. The Balaban J connectivity index is 1.35. The SMILES string of the molecule is N#CNC(N)Nc1cccc(CNC(=O)c2cc(C(=O)N[C@@H]3c4ccc(C(=O)O)cc4C[C@@H]3O)n3ncc(F)c3n2)c1. The van der Waals surface area contributed by atoms with Crippen LogP contribution < -0.4 is 27.0 Å². The van der Waals surface area contributed by atoms with Crippen LogP contribution in [0.2, 0.25) is 0 Å². The number of aliphatic hydroxyl groups is 1. The van der Waals surface area contributed by atoms with Crippen molar-refractivity contribution >= 4 is 29.1 Å². The fourth-order valence-electron chi connectivity index (χ4n) is 4.70. The number of nitriles is 1. The zero-order valence-corrected chi connectivity index (χ0v) is 21.7. The van der Waals surface area contributed by atoms with E-state index in [1.54, 1.807) is 30.5 Å². The number of nitrogens with one attached hydrogen (secondary N) is 4. The maximum Gasteiger partial charge on any atom is 0.335 e. The zero-order chi connectivity index (χ0) is 30.0. The number of aromatic nitrogens is 3. The van der Waals surface area contributed by atoms with Crippen molar-refractivity contribution in [2.75, 3.05) is 5.32 Å². The van der Waals surface area contributed by atoms with Gasteiger partial charge in [0.1, 0.15) is 11.4 Å². The Morgan fingerprint density at radius 3 is 2.76 bits per heavy atom. The smallest absolute Gasteiger partial charge is 0.335 e. The highest BCUT2D eigenvalue weighted by Crippen LogP contribution is 2.32. The molecule has 42 heavy (non-hydrogen) atoms. The summed E-state index contributed by atoms with van der Waals surface area (Å²) in [5, 5.41) is 43.0. The van der Waals surface area contributed by atoms with Crippen molar-refractivity contribution in [3.63, 3.8) is 0 Å². The normalized spacial score (nSPS) is 16.2. The van der Waals surface area contributed by atoms with E-state index in [2.05, 4.69) is 31.3 Å². The largest absolute Gasteiger partial charge is 0.478 e. The topological polar surface area (TPSA) is 220 Å². The molecule has 2 amide bonds. The van der Waals surface area contributed by atoms with Crippen LogP contribution in [-0.4, -0.2) is 55.0 Å². The van der Waals surface area contributed by atoms with Crippen LogP contribution in [0.5, 0.6) is 0 Å². The lowest BCUT2D eigenvalue weighted by Gasteiger charge is -2.18. The highest BCUT2D eigenvalue weighted by atomic mass is 19.1. The van der Waals surface area contributed by atoms with Gasteiger partial charge in [-0.25, -0.2) is 18.7 Å². The van der Waals surface area contributed by atoms with E-state index in [4.69, 9.17) is 11.0 Å². The molecule has 15 heteroatoms. The minimum Gasteiger partial charge on any atom is -0.478 e. The number of hydrogen-bond donors (Lipinski definition) is 7. The van der Waals surface area contributed by atoms with E-state index in [9.17, 15) is 29.0 Å². The summed E-state index contributed by atoms with van der Waals surface area (Å²) in [6.07, 6.45) is 0.848. The number of hydrogen-bond acceptors (Lipinski definition) is 10. The Bertz CT molecular complexity index is 1750. The van der Waals surface area contributed by atoms with Gasteiger partial charge in [0.2, 0.25) is 0 Å². The van der Waals surface area contributed by atoms with Gasteiger partial charge in [0.05, 0.1) is 23.9 Å². The first-order valence-electron chi connectivity index (χ1n) is 12.6. The fourth-order valence-corrected chi connectivity index (χ4v) is 4.70. The molecule has 2 aromatic carbocycles. The molecular weight excluding hydrogens is 549 g/mol. The Hall–Kier alpha value is -5.59. The summed E-state index contributed by atoms with van der Waals surface area (Å²) in [6.45, 7) is 0.0504. The molecule has 3 atom stereocenters. The molecule has 1 aliphatic rings. The highest BCUT2D eigenvalue weighted by molar-refractivity contribution is 5.98. The molecule has 0 spiro atoms. The van der Waals surface area contributed by atoms with E-state index < -0.39 is 42.0 Å². The first kappa shape index (κ1) is 28.0. The average molecular weight is 574 g/mol. The Labute approximate surface area is 237 Å². The van der Waals surface area contributed by atoms with Gasteiger partial charge in [-0.05, 0) is 41.0 Å². The van der Waals surface area contributed by atoms with Crippen LogP contribution in [0.3, 0.4) is 0 Å². The number of carbonyl (C=O) groups is 3. The lowest BCUT2D eigenvalue weighted by Crippen LogP contribution is -2.41. The number of carboxylic acids is 1. The van der Waals surface area contributed by atoms with Crippen LogP contribution in [0.25, 0.3) is 5.65 Å². The number of amides is 2. The van der Waals surface area contributed by atoms with Gasteiger partial charge in [0.15, 0.2) is 23.9 Å². The van der Waals surface area contributed by atoms with Crippen molar-refractivity contribution in [1.29, 1.82) is 5.26 Å². The molecule has 2 heterocycles. The number of carbonyl (C=O) groups excluding carboxylic acids is 2. The second kappa shape index (κ2) is 11.5. The van der Waals surface area contributed by atoms with Gasteiger partial charge < -0.3 is 26.2 Å². The third-order valence-corrected chi connectivity index (χ3v) is 6.64. The maximum absolute atomic E-state index is 14.5. The lowest BCUT2D eigenvalue weighted by molar-refractivity contribution is 0.0696. The average Bonchev–Trinajstić information content (AvgIpc) is 3.49. The summed E-state index contributed by atoms with van der Waals surface area (Å²) < 4.78 is 15.5. The standard InChI is InChI=1S/C27H24FN9O5/c28-18-11-33-37-20(25(40)36-22-17-5-4-14(26(41)42)7-15(17)8-21(22)38)9-19(35-23(18)37)24(39)31-10-13-2-1-3-16(6-13)34-27(30)32-12-29/h1-7,9,11,21-22,27,32,34,38H,8,10,30H2,(H,31,39)(H,36,40)(H,41,42)/t21-,22+,27?/m0/s1. The summed E-state index contributed by atoms with van der Waals surface area (Å²) >= 11 is 0. The van der Waals surface area contributed by atoms with Crippen molar-refractivity contribution in [2.45, 2.75) is 31.4 Å². The van der Waals surface area contributed by atoms with Crippen LogP contribution >= 0.6 is 0 Å². The molecule has 1 aliphatic carbocycles. The molecule has 2 aromatic heterocycles. The predicted octanol–water partition coefficient (Wildman–Crippen LogP) is 0.610. The summed E-state index contributed by atoms with van der Waals surface area (Å²) in [6, 6.07) is 11.5. The fraction of sp³-hybridized carbons (Fsp3) is 0.185. The van der Waals surface area contributed by atoms with Gasteiger partial charge in [-0.15, -0.1) is 0 Å². The van der Waals surface area contributed by atoms with Crippen molar-refractivity contribution in [3.8, 4) is 6.19 Å². The number of anilines is 1. The van der Waals surface area contributed by atoms with Crippen molar-refractivity contribution in [3.05, 3.63) is 94.2 Å². The van der Waals surface area contributed by atoms with E-state index >= 15 is 0 Å². The molecule has 0 saturated heterocycles. The van der Waals surface area contributed by atoms with E-state index in [-0.39, 0.29) is 35.6 Å². The number of benzene rings is 2. The maximum atomic E-state index is 14.5. The number of aromatic carboxylic acids is 1. The van der Waals surface area contributed by atoms with Gasteiger partial charge in [-0.3, -0.25) is 20.6 Å². The van der Waals surface area contributed by atoms with E-state index in [0.717, 1.165) is 16.8 Å². The number of rotatable bonds is 9. The van der Waals surface area contributed by atoms with Gasteiger partial charge in [-0.2, -0.15) is 10.4 Å². The van der Waals surface area contributed by atoms with Gasteiger partial charge in [0, 0.05) is 24.7 Å². The molecule has 0 fully saturated rings. The summed E-state index contributed by atoms with van der Waals surface area (Å²) in [7, 11) is 0. The number of nitrogens with two attached hydrogens (primary N) is 1. The van der Waals surface area contributed by atoms with Crippen LogP contribution in [0.15, 0.2) is 54.7 Å². The van der Waals surface area contributed by atoms with Crippen LogP contribution in [0.1, 0.15) is 54.1 Å². The molecule has 0 aliphatic heterocycles. The third-order valence-electron chi connectivity index (χ3n) is 6.64. The monoisotopic (exact) mass is 573 g/mol. The molecule has 8 N–H and O–H groups in total. The number of halogens is 1. The first-order valence-corrected chi connectivity index (χ1v) is 12.6. The molecule has 14 nitrogen and oxygen atoms in total. The van der Waals surface area contributed by atoms with Crippen molar-refractivity contribution < 1.29 is 29.0 Å². The van der Waals surface area contributed by atoms with E-state index in [1.807, 2.05) is 0 Å². The second-order valence-electron chi connectivity index (χ2n) is 9.46. The van der Waals surface area contributed by atoms with E-state index in [1.165, 1.54) is 18.2 Å². The van der Waals surface area contributed by atoms with Crippen LogP contribution in [-0.2, 0) is 13.0 Å². The molecule has 0 radical (unpaired) electrons. The summed E-state index contributed by atoms with van der Waals surface area (Å²) in [5.74, 6) is -3.43. The predicted molar refractivity (Wildman–Crippen MR) is 144 cm³/mol. The second-order valence-corrected chi connectivity index (χ2v) is 9.46. The quantitative estimate of drug-likeness (QED) is 0.0835. The molecule has 1 unspecified atom stereocenters. The zero-order valence-electron chi connectivity index (χ0n) is 21.7. The third kappa shape index (κ3) is 5.66. The molecule has 0 saturated carbocycles. The Kier molecular flexibility index (Phi) is 7.65. The van der Waals surface area contributed by atoms with Gasteiger partial charge in [0.25, 0.3) is 11.8 Å². The van der Waals surface area contributed by atoms with Crippen molar-refractivity contribution in [1.82, 2.24) is 30.5 Å². The molecule has 5 rings (SSSR count). The Morgan fingerprint density at radius 2 is 2.00 bits per heavy atom. The first-order chi connectivity index (χ1) is 20.1.